The quantitative estimate of drug-likeness (QED) is 0.772. The topological polar surface area (TPSA) is 55.4 Å². The van der Waals surface area contributed by atoms with Crippen molar-refractivity contribution < 1.29 is 26.3 Å². The normalized spacial score (nSPS) is 17.7. The van der Waals surface area contributed by atoms with Gasteiger partial charge in [0.2, 0.25) is 10.0 Å². The summed E-state index contributed by atoms with van der Waals surface area (Å²) in [6.07, 6.45) is -3.01. The van der Waals surface area contributed by atoms with Gasteiger partial charge < -0.3 is 4.74 Å². The summed E-state index contributed by atoms with van der Waals surface area (Å²) in [4.78, 5) is 0. The van der Waals surface area contributed by atoms with Gasteiger partial charge in [-0.2, -0.15) is 24.5 Å². The summed E-state index contributed by atoms with van der Waals surface area (Å²) in [6.45, 7) is 1.38. The number of halogens is 3. The zero-order chi connectivity index (χ0) is 19.5. The minimum atomic E-state index is -4.44. The summed E-state index contributed by atoms with van der Waals surface area (Å²) in [5, 5.41) is 3.98. The van der Waals surface area contributed by atoms with Crippen LogP contribution in [-0.2, 0) is 32.1 Å². The molecule has 0 unspecified atom stereocenters. The maximum Gasteiger partial charge on any atom is 0.416 e. The Hall–Kier alpha value is -1.42. The van der Waals surface area contributed by atoms with E-state index >= 15 is 0 Å². The molecule has 1 N–H and O–H groups in total. The Kier molecular flexibility index (Phi) is 5.95. The van der Waals surface area contributed by atoms with Gasteiger partial charge in [0.15, 0.2) is 0 Å². The van der Waals surface area contributed by atoms with Crippen molar-refractivity contribution in [1.82, 2.24) is 4.72 Å². The second-order valence-electron chi connectivity index (χ2n) is 6.68. The number of ether oxygens (including phenoxy) is 1. The molecular formula is C18H20F3NO3S2. The lowest BCUT2D eigenvalue weighted by Gasteiger charge is -2.37. The van der Waals surface area contributed by atoms with Crippen molar-refractivity contribution in [2.75, 3.05) is 19.8 Å². The Bertz CT molecular complexity index is 841. The van der Waals surface area contributed by atoms with Gasteiger partial charge in [0, 0.05) is 25.2 Å². The first-order chi connectivity index (χ1) is 12.7. The molecule has 3 rings (SSSR count). The number of alkyl halides is 3. The van der Waals surface area contributed by atoms with Crippen LogP contribution in [0.25, 0.3) is 0 Å². The molecule has 9 heteroatoms. The Morgan fingerprint density at radius 2 is 1.78 bits per heavy atom. The highest BCUT2D eigenvalue weighted by atomic mass is 32.2. The first kappa shape index (κ1) is 20.3. The highest BCUT2D eigenvalue weighted by Crippen LogP contribution is 2.36. The fraction of sp³-hybridized carbons (Fsp3) is 0.444. The summed E-state index contributed by atoms with van der Waals surface area (Å²) in [5.41, 5.74) is 0.293. The van der Waals surface area contributed by atoms with Gasteiger partial charge in [-0.05, 0) is 52.9 Å². The third-order valence-electron chi connectivity index (χ3n) is 4.85. The van der Waals surface area contributed by atoms with Gasteiger partial charge in [-0.3, -0.25) is 0 Å². The van der Waals surface area contributed by atoms with Gasteiger partial charge in [0.1, 0.15) is 0 Å². The molecule has 27 heavy (non-hydrogen) atoms. The fourth-order valence-corrected chi connectivity index (χ4v) is 5.21. The maximum absolute atomic E-state index is 12.6. The Balaban J connectivity index is 1.68. The van der Waals surface area contributed by atoms with Crippen molar-refractivity contribution >= 4 is 21.4 Å². The van der Waals surface area contributed by atoms with Crippen LogP contribution in [0, 0.1) is 0 Å². The molecule has 1 fully saturated rings. The predicted molar refractivity (Wildman–Crippen MR) is 98.1 cm³/mol. The maximum atomic E-state index is 12.6. The standard InChI is InChI=1S/C18H20F3NO3S2/c19-18(20,21)15-3-1-14(2-4-15)12-27(23,24)22-13-17(6-8-25-9-7-17)16-5-10-26-11-16/h1-5,10-11,22H,6-9,12-13H2. The summed E-state index contributed by atoms with van der Waals surface area (Å²) >= 11 is 1.56. The number of hydrogen-bond donors (Lipinski definition) is 1. The van der Waals surface area contributed by atoms with Crippen LogP contribution in [0.5, 0.6) is 0 Å². The highest BCUT2D eigenvalue weighted by molar-refractivity contribution is 7.88. The van der Waals surface area contributed by atoms with Crippen molar-refractivity contribution in [2.45, 2.75) is 30.2 Å². The van der Waals surface area contributed by atoms with E-state index < -0.39 is 21.8 Å². The van der Waals surface area contributed by atoms with Crippen LogP contribution < -0.4 is 4.72 Å². The van der Waals surface area contributed by atoms with Crippen molar-refractivity contribution in [3.63, 3.8) is 0 Å². The van der Waals surface area contributed by atoms with E-state index in [0.29, 0.717) is 31.6 Å². The SMILES string of the molecule is O=S(=O)(Cc1ccc(C(F)(F)F)cc1)NCC1(c2ccsc2)CCOCC1. The third kappa shape index (κ3) is 5.10. The van der Waals surface area contributed by atoms with E-state index in [-0.39, 0.29) is 17.7 Å². The summed E-state index contributed by atoms with van der Waals surface area (Å²) in [6, 6.07) is 6.20. The van der Waals surface area contributed by atoms with Crippen LogP contribution in [0.4, 0.5) is 13.2 Å². The minimum absolute atomic E-state index is 0.246. The lowest BCUT2D eigenvalue weighted by Crippen LogP contribution is -2.44. The van der Waals surface area contributed by atoms with Gasteiger partial charge in [-0.1, -0.05) is 12.1 Å². The number of sulfonamides is 1. The molecule has 0 spiro atoms. The van der Waals surface area contributed by atoms with Gasteiger partial charge >= 0.3 is 6.18 Å². The van der Waals surface area contributed by atoms with Crippen molar-refractivity contribution in [1.29, 1.82) is 0 Å². The predicted octanol–water partition coefficient (Wildman–Crippen LogP) is 3.93. The van der Waals surface area contributed by atoms with E-state index in [1.165, 1.54) is 12.1 Å². The first-order valence-electron chi connectivity index (χ1n) is 8.44. The second-order valence-corrected chi connectivity index (χ2v) is 9.27. The van der Waals surface area contributed by atoms with E-state index in [9.17, 15) is 21.6 Å². The largest absolute Gasteiger partial charge is 0.416 e. The van der Waals surface area contributed by atoms with Crippen LogP contribution >= 0.6 is 11.3 Å². The average molecular weight is 419 g/mol. The Morgan fingerprint density at radius 1 is 1.11 bits per heavy atom. The zero-order valence-corrected chi connectivity index (χ0v) is 16.1. The molecule has 0 atom stereocenters. The molecule has 148 valence electrons. The fourth-order valence-electron chi connectivity index (χ4n) is 3.20. The molecule has 0 aliphatic carbocycles. The molecule has 4 nitrogen and oxygen atoms in total. The van der Waals surface area contributed by atoms with Crippen LogP contribution in [0.1, 0.15) is 29.5 Å². The number of benzene rings is 1. The average Bonchev–Trinajstić information content (AvgIpc) is 3.16. The van der Waals surface area contributed by atoms with Gasteiger partial charge in [0.05, 0.1) is 11.3 Å². The summed E-state index contributed by atoms with van der Waals surface area (Å²) < 4.78 is 70.9. The third-order valence-corrected chi connectivity index (χ3v) is 6.83. The Morgan fingerprint density at radius 3 is 2.33 bits per heavy atom. The molecule has 1 aromatic heterocycles. The van der Waals surface area contributed by atoms with E-state index in [1.807, 2.05) is 16.8 Å². The molecule has 1 saturated heterocycles. The summed E-state index contributed by atoms with van der Waals surface area (Å²) in [7, 11) is -3.68. The van der Waals surface area contributed by atoms with Crippen LogP contribution in [-0.4, -0.2) is 28.2 Å². The highest BCUT2D eigenvalue weighted by Gasteiger charge is 2.36. The van der Waals surface area contributed by atoms with Gasteiger partial charge in [0.25, 0.3) is 0 Å². The van der Waals surface area contributed by atoms with E-state index in [1.54, 1.807) is 11.3 Å². The first-order valence-corrected chi connectivity index (χ1v) is 11.0. The van der Waals surface area contributed by atoms with Crippen molar-refractivity contribution in [3.05, 3.63) is 57.8 Å². The van der Waals surface area contributed by atoms with Gasteiger partial charge in [-0.15, -0.1) is 0 Å². The van der Waals surface area contributed by atoms with Crippen molar-refractivity contribution in [2.24, 2.45) is 0 Å². The van der Waals surface area contributed by atoms with Crippen LogP contribution in [0.2, 0.25) is 0 Å². The zero-order valence-electron chi connectivity index (χ0n) is 14.5. The number of hydrogen-bond acceptors (Lipinski definition) is 4. The number of thiophene rings is 1. The molecule has 1 aliphatic rings. The molecule has 0 saturated carbocycles. The second kappa shape index (κ2) is 7.90. The summed E-state index contributed by atoms with van der Waals surface area (Å²) in [5.74, 6) is -0.360. The van der Waals surface area contributed by atoms with Gasteiger partial charge in [-0.25, -0.2) is 13.1 Å². The molecule has 0 amide bonds. The smallest absolute Gasteiger partial charge is 0.381 e. The van der Waals surface area contributed by atoms with Crippen LogP contribution in [0.3, 0.4) is 0 Å². The molecule has 0 bridgehead atoms. The molecule has 2 heterocycles. The van der Waals surface area contributed by atoms with E-state index in [4.69, 9.17) is 4.74 Å². The van der Waals surface area contributed by atoms with Crippen LogP contribution in [0.15, 0.2) is 41.1 Å². The lowest BCUT2D eigenvalue weighted by molar-refractivity contribution is -0.137. The van der Waals surface area contributed by atoms with E-state index in [2.05, 4.69) is 4.72 Å². The molecular weight excluding hydrogens is 399 g/mol. The lowest BCUT2D eigenvalue weighted by atomic mass is 9.75. The molecule has 1 aliphatic heterocycles. The molecule has 2 aromatic rings. The van der Waals surface area contributed by atoms with E-state index in [0.717, 1.165) is 17.7 Å². The molecule has 0 radical (unpaired) electrons. The number of rotatable bonds is 6. The van der Waals surface area contributed by atoms with Crippen molar-refractivity contribution in [3.8, 4) is 0 Å². The number of nitrogens with one attached hydrogen (secondary N) is 1. The molecule has 1 aromatic carbocycles. The minimum Gasteiger partial charge on any atom is -0.381 e. The monoisotopic (exact) mass is 419 g/mol. The Labute approximate surface area is 160 Å².